The molecule has 2 N–H and O–H groups in total. The van der Waals surface area contributed by atoms with Crippen molar-refractivity contribution in [2.45, 2.75) is 32.2 Å². The van der Waals surface area contributed by atoms with Crippen molar-refractivity contribution < 1.29 is 9.13 Å². The van der Waals surface area contributed by atoms with E-state index in [1.165, 1.54) is 0 Å². The van der Waals surface area contributed by atoms with E-state index in [0.29, 0.717) is 18.4 Å². The zero-order chi connectivity index (χ0) is 13.7. The Labute approximate surface area is 114 Å². The molecule has 0 atom stereocenters. The van der Waals surface area contributed by atoms with Crippen molar-refractivity contribution in [3.63, 3.8) is 0 Å². The van der Waals surface area contributed by atoms with Gasteiger partial charge in [-0.1, -0.05) is 6.07 Å². The number of nitrogens with zero attached hydrogens (tertiary/aromatic N) is 1. The predicted octanol–water partition coefficient (Wildman–Crippen LogP) is 2.19. The highest BCUT2D eigenvalue weighted by atomic mass is 19.1. The SMILES string of the molecule is CCOc1ccc(CCN2CCC(N)CC2)cc1F. The first kappa shape index (κ1) is 14.3. The molecule has 19 heavy (non-hydrogen) atoms. The summed E-state index contributed by atoms with van der Waals surface area (Å²) in [5.41, 5.74) is 6.90. The van der Waals surface area contributed by atoms with E-state index in [0.717, 1.165) is 44.5 Å². The molecule has 0 radical (unpaired) electrons. The van der Waals surface area contributed by atoms with E-state index in [2.05, 4.69) is 4.90 Å². The molecule has 106 valence electrons. The topological polar surface area (TPSA) is 38.5 Å². The van der Waals surface area contributed by atoms with Crippen molar-refractivity contribution in [1.82, 2.24) is 4.90 Å². The number of halogens is 1. The number of benzene rings is 1. The summed E-state index contributed by atoms with van der Waals surface area (Å²) >= 11 is 0. The third-order valence-electron chi connectivity index (χ3n) is 3.65. The van der Waals surface area contributed by atoms with Crippen molar-refractivity contribution >= 4 is 0 Å². The van der Waals surface area contributed by atoms with Crippen LogP contribution in [0.1, 0.15) is 25.3 Å². The zero-order valence-corrected chi connectivity index (χ0v) is 11.6. The zero-order valence-electron chi connectivity index (χ0n) is 11.6. The predicted molar refractivity (Wildman–Crippen MR) is 74.9 cm³/mol. The Morgan fingerprint density at radius 2 is 2.11 bits per heavy atom. The maximum atomic E-state index is 13.7. The lowest BCUT2D eigenvalue weighted by atomic mass is 10.1. The molecule has 0 amide bonds. The fourth-order valence-electron chi connectivity index (χ4n) is 2.44. The Kier molecular flexibility index (Phi) is 5.16. The molecule has 4 heteroatoms. The molecule has 0 bridgehead atoms. The molecule has 0 unspecified atom stereocenters. The van der Waals surface area contributed by atoms with E-state index < -0.39 is 0 Å². The van der Waals surface area contributed by atoms with Gasteiger partial charge >= 0.3 is 0 Å². The number of ether oxygens (including phenoxy) is 1. The molecular weight excluding hydrogens is 243 g/mol. The van der Waals surface area contributed by atoms with Gasteiger partial charge in [0.15, 0.2) is 11.6 Å². The lowest BCUT2D eigenvalue weighted by Gasteiger charge is -2.30. The lowest BCUT2D eigenvalue weighted by molar-refractivity contribution is 0.215. The number of nitrogens with two attached hydrogens (primary N) is 1. The first-order valence-corrected chi connectivity index (χ1v) is 7.08. The molecule has 0 aromatic heterocycles. The largest absolute Gasteiger partial charge is 0.491 e. The molecule has 1 fully saturated rings. The van der Waals surface area contributed by atoms with Crippen LogP contribution in [-0.2, 0) is 6.42 Å². The molecule has 1 aliphatic heterocycles. The van der Waals surface area contributed by atoms with Crippen molar-refractivity contribution in [3.8, 4) is 5.75 Å². The van der Waals surface area contributed by atoms with E-state index in [-0.39, 0.29) is 5.82 Å². The highest BCUT2D eigenvalue weighted by molar-refractivity contribution is 5.29. The average molecular weight is 266 g/mol. The smallest absolute Gasteiger partial charge is 0.165 e. The highest BCUT2D eigenvalue weighted by Gasteiger charge is 2.15. The molecule has 3 nitrogen and oxygen atoms in total. The first-order chi connectivity index (χ1) is 9.19. The minimum Gasteiger partial charge on any atom is -0.491 e. The van der Waals surface area contributed by atoms with E-state index in [9.17, 15) is 4.39 Å². The number of hydrogen-bond acceptors (Lipinski definition) is 3. The van der Waals surface area contributed by atoms with E-state index in [1.54, 1.807) is 12.1 Å². The molecule has 2 rings (SSSR count). The second kappa shape index (κ2) is 6.87. The first-order valence-electron chi connectivity index (χ1n) is 7.08. The minimum atomic E-state index is -0.264. The van der Waals surface area contributed by atoms with Crippen molar-refractivity contribution in [2.24, 2.45) is 5.73 Å². The summed E-state index contributed by atoms with van der Waals surface area (Å²) in [7, 11) is 0. The molecular formula is C15H23FN2O. The van der Waals surface area contributed by atoms with Gasteiger partial charge in [-0.2, -0.15) is 0 Å². The molecule has 1 aliphatic rings. The highest BCUT2D eigenvalue weighted by Crippen LogP contribution is 2.19. The number of hydrogen-bond donors (Lipinski definition) is 1. The second-order valence-corrected chi connectivity index (χ2v) is 5.13. The minimum absolute atomic E-state index is 0.264. The van der Waals surface area contributed by atoms with Crippen LogP contribution in [0.3, 0.4) is 0 Å². The summed E-state index contributed by atoms with van der Waals surface area (Å²) in [6.45, 7) is 5.43. The van der Waals surface area contributed by atoms with Crippen molar-refractivity contribution in [3.05, 3.63) is 29.6 Å². The molecule has 1 saturated heterocycles. The molecule has 0 aliphatic carbocycles. The summed E-state index contributed by atoms with van der Waals surface area (Å²) in [6.07, 6.45) is 3.01. The van der Waals surface area contributed by atoms with Crippen molar-refractivity contribution in [1.29, 1.82) is 0 Å². The molecule has 1 aromatic carbocycles. The maximum Gasteiger partial charge on any atom is 0.165 e. The van der Waals surface area contributed by atoms with E-state index in [4.69, 9.17) is 10.5 Å². The van der Waals surface area contributed by atoms with Crippen LogP contribution in [0.5, 0.6) is 5.75 Å². The van der Waals surface area contributed by atoms with Crippen LogP contribution in [-0.4, -0.2) is 37.2 Å². The van der Waals surface area contributed by atoms with Crippen molar-refractivity contribution in [2.75, 3.05) is 26.2 Å². The fraction of sp³-hybridized carbons (Fsp3) is 0.600. The Hall–Kier alpha value is -1.13. The Morgan fingerprint density at radius 3 is 2.74 bits per heavy atom. The van der Waals surface area contributed by atoms with E-state index in [1.807, 2.05) is 13.0 Å². The monoisotopic (exact) mass is 266 g/mol. The quantitative estimate of drug-likeness (QED) is 0.888. The number of likely N-dealkylation sites (tertiary alicyclic amines) is 1. The van der Waals surface area contributed by atoms with Crippen LogP contribution in [0.15, 0.2) is 18.2 Å². The summed E-state index contributed by atoms with van der Waals surface area (Å²) in [4.78, 5) is 2.40. The molecule has 1 heterocycles. The summed E-state index contributed by atoms with van der Waals surface area (Å²) in [5.74, 6) is 0.0789. The van der Waals surface area contributed by atoms with Gasteiger partial charge in [0.1, 0.15) is 0 Å². The standard InChI is InChI=1S/C15H23FN2O/c1-2-19-15-4-3-12(11-14(15)16)5-8-18-9-6-13(17)7-10-18/h3-4,11,13H,2,5-10,17H2,1H3. The van der Waals surface area contributed by atoms with Crippen LogP contribution in [0.25, 0.3) is 0 Å². The van der Waals surface area contributed by atoms with Gasteiger partial charge < -0.3 is 15.4 Å². The number of piperidine rings is 1. The summed E-state index contributed by atoms with van der Waals surface area (Å²) in [5, 5.41) is 0. The van der Waals surface area contributed by atoms with Gasteiger partial charge in [-0.05, 0) is 57.0 Å². The van der Waals surface area contributed by atoms with Crippen LogP contribution >= 0.6 is 0 Å². The molecule has 1 aromatic rings. The molecule has 0 saturated carbocycles. The maximum absolute atomic E-state index is 13.7. The third kappa shape index (κ3) is 4.18. The van der Waals surface area contributed by atoms with Gasteiger partial charge in [0, 0.05) is 12.6 Å². The van der Waals surface area contributed by atoms with Gasteiger partial charge in [-0.25, -0.2) is 4.39 Å². The van der Waals surface area contributed by atoms with Crippen LogP contribution in [0.4, 0.5) is 4.39 Å². The van der Waals surface area contributed by atoms with Gasteiger partial charge in [0.05, 0.1) is 6.61 Å². The summed E-state index contributed by atoms with van der Waals surface area (Å²) in [6, 6.07) is 5.62. The number of rotatable bonds is 5. The lowest BCUT2D eigenvalue weighted by Crippen LogP contribution is -2.40. The summed E-state index contributed by atoms with van der Waals surface area (Å²) < 4.78 is 18.9. The second-order valence-electron chi connectivity index (χ2n) is 5.13. The van der Waals surface area contributed by atoms with Gasteiger partial charge in [-0.3, -0.25) is 0 Å². The fourth-order valence-corrected chi connectivity index (χ4v) is 2.44. The molecule has 0 spiro atoms. The van der Waals surface area contributed by atoms with Gasteiger partial charge in [0.2, 0.25) is 0 Å². The Balaban J connectivity index is 1.84. The van der Waals surface area contributed by atoms with Gasteiger partial charge in [0.25, 0.3) is 0 Å². The van der Waals surface area contributed by atoms with E-state index >= 15 is 0 Å². The Bertz CT molecular complexity index is 403. The average Bonchev–Trinajstić information content (AvgIpc) is 2.41. The van der Waals surface area contributed by atoms with Crippen LogP contribution < -0.4 is 10.5 Å². The van der Waals surface area contributed by atoms with Crippen LogP contribution in [0, 0.1) is 5.82 Å². The Morgan fingerprint density at radius 1 is 1.37 bits per heavy atom. The normalized spacial score (nSPS) is 17.6. The third-order valence-corrected chi connectivity index (χ3v) is 3.65. The van der Waals surface area contributed by atoms with Gasteiger partial charge in [-0.15, -0.1) is 0 Å². The van der Waals surface area contributed by atoms with Crippen LogP contribution in [0.2, 0.25) is 0 Å².